The fourth-order valence-corrected chi connectivity index (χ4v) is 4.32. The van der Waals surface area contributed by atoms with Gasteiger partial charge in [-0.15, -0.1) is 0 Å². The zero-order valence-corrected chi connectivity index (χ0v) is 14.3. The highest BCUT2D eigenvalue weighted by Crippen LogP contribution is 2.36. The number of para-hydroxylation sites is 2. The van der Waals surface area contributed by atoms with Gasteiger partial charge in [-0.05, 0) is 37.1 Å². The van der Waals surface area contributed by atoms with E-state index in [0.717, 1.165) is 24.0 Å². The van der Waals surface area contributed by atoms with Crippen molar-refractivity contribution in [2.45, 2.75) is 12.8 Å². The second kappa shape index (κ2) is 5.12. The maximum absolute atomic E-state index is 6.12. The van der Waals surface area contributed by atoms with Crippen molar-refractivity contribution in [3.63, 3.8) is 0 Å². The molecule has 6 rings (SSSR count). The van der Waals surface area contributed by atoms with Crippen molar-refractivity contribution >= 4 is 38.9 Å². The molecule has 2 aromatic heterocycles. The van der Waals surface area contributed by atoms with E-state index in [0.29, 0.717) is 0 Å². The average molecular weight is 335 g/mol. The van der Waals surface area contributed by atoms with Gasteiger partial charge in [0.25, 0.3) is 0 Å². The van der Waals surface area contributed by atoms with E-state index in [1.807, 2.05) is 12.1 Å². The topological polar surface area (TPSA) is 18.1 Å². The Kier molecular flexibility index (Phi) is 2.75. The molecule has 0 saturated heterocycles. The van der Waals surface area contributed by atoms with Crippen LogP contribution in [0.25, 0.3) is 44.6 Å². The van der Waals surface area contributed by atoms with E-state index < -0.39 is 0 Å². The normalized spacial score (nSPS) is 13.7. The lowest BCUT2D eigenvalue weighted by atomic mass is 10.0. The van der Waals surface area contributed by atoms with Gasteiger partial charge in [0.2, 0.25) is 0 Å². The highest BCUT2D eigenvalue weighted by molar-refractivity contribution is 6.05. The number of nitrogens with zero attached hydrogens (tertiary/aromatic N) is 1. The molecule has 0 amide bonds. The first-order valence-electron chi connectivity index (χ1n) is 9.11. The average Bonchev–Trinajstić information content (AvgIpc) is 3.23. The number of aromatic nitrogens is 1. The molecule has 5 aromatic rings. The standard InChI is InChI=1S/C24H17NO/c1-4-10-21-17(7-1)18-8-2-5-11-22(18)25(21)16-13-14-20-19-9-3-6-12-23(19)26-24(20)15-16/h1-4,6-10,12-15H,5,11H2. The van der Waals surface area contributed by atoms with Crippen molar-refractivity contribution in [2.75, 3.05) is 0 Å². The molecule has 0 atom stereocenters. The summed E-state index contributed by atoms with van der Waals surface area (Å²) in [5.74, 6) is 0. The van der Waals surface area contributed by atoms with Crippen molar-refractivity contribution in [1.82, 2.24) is 4.57 Å². The van der Waals surface area contributed by atoms with Gasteiger partial charge in [0.1, 0.15) is 11.2 Å². The van der Waals surface area contributed by atoms with Crippen LogP contribution in [0.3, 0.4) is 0 Å². The number of rotatable bonds is 1. The number of furan rings is 1. The van der Waals surface area contributed by atoms with E-state index in [-0.39, 0.29) is 0 Å². The number of fused-ring (bicyclic) bond motifs is 6. The predicted octanol–water partition coefficient (Wildman–Crippen LogP) is 6.49. The number of hydrogen-bond acceptors (Lipinski definition) is 1. The summed E-state index contributed by atoms with van der Waals surface area (Å²) in [6, 6.07) is 23.5. The monoisotopic (exact) mass is 335 g/mol. The second-order valence-corrected chi connectivity index (χ2v) is 6.93. The number of hydrogen-bond donors (Lipinski definition) is 0. The first kappa shape index (κ1) is 14.0. The van der Waals surface area contributed by atoms with Crippen LogP contribution < -0.4 is 0 Å². The summed E-state index contributed by atoms with van der Waals surface area (Å²) in [6.07, 6.45) is 6.72. The number of benzene rings is 3. The molecule has 3 aromatic carbocycles. The van der Waals surface area contributed by atoms with E-state index in [4.69, 9.17) is 4.42 Å². The van der Waals surface area contributed by atoms with Crippen molar-refractivity contribution in [2.24, 2.45) is 0 Å². The summed E-state index contributed by atoms with van der Waals surface area (Å²) in [4.78, 5) is 0. The Labute approximate surface area is 151 Å². The summed E-state index contributed by atoms with van der Waals surface area (Å²) in [6.45, 7) is 0. The molecule has 2 nitrogen and oxygen atoms in total. The Balaban J connectivity index is 1.68. The minimum Gasteiger partial charge on any atom is -0.456 e. The molecule has 0 aliphatic heterocycles. The van der Waals surface area contributed by atoms with Gasteiger partial charge >= 0.3 is 0 Å². The van der Waals surface area contributed by atoms with E-state index in [1.54, 1.807) is 0 Å². The molecule has 0 fully saturated rings. The molecule has 26 heavy (non-hydrogen) atoms. The van der Waals surface area contributed by atoms with Crippen molar-refractivity contribution < 1.29 is 4.42 Å². The third-order valence-corrected chi connectivity index (χ3v) is 5.47. The van der Waals surface area contributed by atoms with E-state index in [2.05, 4.69) is 71.3 Å². The zero-order valence-electron chi connectivity index (χ0n) is 14.3. The minimum atomic E-state index is 0.946. The van der Waals surface area contributed by atoms with E-state index in [1.165, 1.54) is 38.6 Å². The Morgan fingerprint density at radius 2 is 1.58 bits per heavy atom. The Morgan fingerprint density at radius 1 is 0.769 bits per heavy atom. The fraction of sp³-hybridized carbons (Fsp3) is 0.0833. The molecular formula is C24H17NO. The lowest BCUT2D eigenvalue weighted by molar-refractivity contribution is 0.668. The van der Waals surface area contributed by atoms with Crippen LogP contribution in [0.4, 0.5) is 0 Å². The molecule has 2 heteroatoms. The van der Waals surface area contributed by atoms with Gasteiger partial charge < -0.3 is 8.98 Å². The molecule has 0 unspecified atom stereocenters. The molecule has 124 valence electrons. The van der Waals surface area contributed by atoms with E-state index >= 15 is 0 Å². The molecule has 0 N–H and O–H groups in total. The van der Waals surface area contributed by atoms with Gasteiger partial charge in [-0.1, -0.05) is 48.6 Å². The smallest absolute Gasteiger partial charge is 0.137 e. The minimum absolute atomic E-state index is 0.946. The largest absolute Gasteiger partial charge is 0.456 e. The van der Waals surface area contributed by atoms with Crippen LogP contribution in [0, 0.1) is 0 Å². The maximum Gasteiger partial charge on any atom is 0.137 e. The lowest BCUT2D eigenvalue weighted by Crippen LogP contribution is -2.02. The van der Waals surface area contributed by atoms with Crippen LogP contribution in [-0.2, 0) is 6.42 Å². The third-order valence-electron chi connectivity index (χ3n) is 5.47. The van der Waals surface area contributed by atoms with Gasteiger partial charge in [-0.3, -0.25) is 0 Å². The highest BCUT2D eigenvalue weighted by Gasteiger charge is 2.18. The van der Waals surface area contributed by atoms with Crippen LogP contribution in [0.1, 0.15) is 17.7 Å². The Morgan fingerprint density at radius 3 is 2.54 bits per heavy atom. The van der Waals surface area contributed by atoms with Crippen molar-refractivity contribution in [3.05, 3.63) is 84.1 Å². The van der Waals surface area contributed by atoms with Gasteiger partial charge in [-0.25, -0.2) is 0 Å². The maximum atomic E-state index is 6.12. The molecule has 2 heterocycles. The molecule has 0 bridgehead atoms. The van der Waals surface area contributed by atoms with Crippen LogP contribution in [0.15, 0.2) is 77.2 Å². The number of allylic oxidation sites excluding steroid dienone is 1. The van der Waals surface area contributed by atoms with Crippen LogP contribution in [0.2, 0.25) is 0 Å². The molecule has 1 aliphatic carbocycles. The quantitative estimate of drug-likeness (QED) is 0.342. The molecule has 1 aliphatic rings. The van der Waals surface area contributed by atoms with Gasteiger partial charge in [0, 0.05) is 39.2 Å². The second-order valence-electron chi connectivity index (χ2n) is 6.93. The van der Waals surface area contributed by atoms with Crippen LogP contribution in [-0.4, -0.2) is 4.57 Å². The first-order chi connectivity index (χ1) is 12.9. The van der Waals surface area contributed by atoms with E-state index in [9.17, 15) is 0 Å². The van der Waals surface area contributed by atoms with Crippen LogP contribution >= 0.6 is 0 Å². The van der Waals surface area contributed by atoms with Gasteiger partial charge in [-0.2, -0.15) is 0 Å². The summed E-state index contributed by atoms with van der Waals surface area (Å²) in [5.41, 5.74) is 7.08. The molecule has 0 spiro atoms. The Bertz CT molecular complexity index is 1330. The first-order valence-corrected chi connectivity index (χ1v) is 9.11. The fourth-order valence-electron chi connectivity index (χ4n) is 4.32. The lowest BCUT2D eigenvalue weighted by Gasteiger charge is -2.13. The van der Waals surface area contributed by atoms with Gasteiger partial charge in [0.05, 0.1) is 5.52 Å². The summed E-state index contributed by atoms with van der Waals surface area (Å²) < 4.78 is 8.52. The summed E-state index contributed by atoms with van der Waals surface area (Å²) in [7, 11) is 0. The molecular weight excluding hydrogens is 318 g/mol. The predicted molar refractivity (Wildman–Crippen MR) is 108 cm³/mol. The third kappa shape index (κ3) is 1.81. The Hall–Kier alpha value is -3.26. The summed E-state index contributed by atoms with van der Waals surface area (Å²) in [5, 5.41) is 3.68. The molecule has 0 saturated carbocycles. The SMILES string of the molecule is C1=Cc2c(n(-c3ccc4c(c3)oc3ccccc34)c3ccccc23)CC1. The van der Waals surface area contributed by atoms with Crippen LogP contribution in [0.5, 0.6) is 0 Å². The van der Waals surface area contributed by atoms with Crippen molar-refractivity contribution in [3.8, 4) is 5.69 Å². The molecule has 0 radical (unpaired) electrons. The zero-order chi connectivity index (χ0) is 17.1. The highest BCUT2D eigenvalue weighted by atomic mass is 16.3. The summed E-state index contributed by atoms with van der Waals surface area (Å²) >= 11 is 0. The van der Waals surface area contributed by atoms with Crippen molar-refractivity contribution in [1.29, 1.82) is 0 Å². The van der Waals surface area contributed by atoms with Gasteiger partial charge in [0.15, 0.2) is 0 Å².